The fourth-order valence-electron chi connectivity index (χ4n) is 5.89. The fraction of sp³-hybridized carbons (Fsp3) is 0.524. The van der Waals surface area contributed by atoms with E-state index in [1.165, 1.54) is 25.3 Å². The Labute approximate surface area is 257 Å². The summed E-state index contributed by atoms with van der Waals surface area (Å²) in [5.74, 6) is 0.337. The average molecular weight is 686 g/mol. The molecule has 23 heteroatoms. The SMILES string of the molecule is Nc1ncnc2c1ncn2[C@@H]1O[C@@]23CO[C@@H]1[C@@H]2OP([O-])(=S)OC[C@@H]1C[C@@H](OP(=O)(S)OC3)[C@H](n2cnc3c(N)ncnc32)O1. The van der Waals surface area contributed by atoms with Crippen LogP contribution in [0.1, 0.15) is 18.9 Å². The van der Waals surface area contributed by atoms with Crippen LogP contribution in [-0.2, 0) is 48.7 Å². The van der Waals surface area contributed by atoms with Crippen LogP contribution in [0.25, 0.3) is 22.3 Å². The Bertz CT molecular complexity index is 1880. The molecule has 9 atom stereocenters. The normalized spacial score (nSPS) is 39.2. The van der Waals surface area contributed by atoms with Crippen LogP contribution in [0.5, 0.6) is 0 Å². The summed E-state index contributed by atoms with van der Waals surface area (Å²) in [5.41, 5.74) is 11.9. The molecule has 0 spiro atoms. The molecule has 4 bridgehead atoms. The number of fused-ring (bicyclic) bond motifs is 4. The number of rotatable bonds is 2. The van der Waals surface area contributed by atoms with Crippen molar-refractivity contribution in [1.82, 2.24) is 39.0 Å². The summed E-state index contributed by atoms with van der Waals surface area (Å²) in [6.45, 7) is -9.01. The zero-order chi connectivity index (χ0) is 30.4. The maximum Gasteiger partial charge on any atom is 0.386 e. The van der Waals surface area contributed by atoms with Crippen LogP contribution < -0.4 is 16.4 Å². The first-order valence-electron chi connectivity index (χ1n) is 13.1. The molecule has 44 heavy (non-hydrogen) atoms. The molecular formula is C21H23N10O9P2S2-. The first kappa shape index (κ1) is 29.0. The highest BCUT2D eigenvalue weighted by molar-refractivity contribution is 8.44. The number of thiol groups is 1. The number of anilines is 2. The van der Waals surface area contributed by atoms with Gasteiger partial charge in [0.1, 0.15) is 54.3 Å². The molecule has 4 saturated heterocycles. The number of hydrogen-bond donors (Lipinski definition) is 3. The smallest absolute Gasteiger partial charge is 0.386 e. The van der Waals surface area contributed by atoms with E-state index in [2.05, 4.69) is 42.2 Å². The molecule has 8 heterocycles. The molecule has 0 aliphatic carbocycles. The summed E-state index contributed by atoms with van der Waals surface area (Å²) in [7, 11) is 0. The number of nitrogen functional groups attached to an aromatic ring is 2. The number of aromatic nitrogens is 8. The molecule has 19 nitrogen and oxygen atoms in total. The van der Waals surface area contributed by atoms with Gasteiger partial charge in [0.2, 0.25) is 0 Å². The minimum atomic E-state index is -4.18. The van der Waals surface area contributed by atoms with E-state index in [9.17, 15) is 9.46 Å². The summed E-state index contributed by atoms with van der Waals surface area (Å²) in [5, 5.41) is 0. The van der Waals surface area contributed by atoms with Crippen LogP contribution >= 0.6 is 25.8 Å². The highest BCUT2D eigenvalue weighted by Gasteiger charge is 2.64. The van der Waals surface area contributed by atoms with E-state index in [0.717, 1.165) is 0 Å². The first-order valence-corrected chi connectivity index (χ1v) is 18.4. The van der Waals surface area contributed by atoms with E-state index < -0.39 is 62.6 Å². The maximum atomic E-state index is 13.7. The number of imidazole rings is 2. The summed E-state index contributed by atoms with van der Waals surface area (Å²) >= 11 is 9.55. The fourth-order valence-corrected chi connectivity index (χ4v) is 8.86. The minimum absolute atomic E-state index is 0.0777. The standard InChI is InChI=1S/C21H24N10O9P2S2/c22-15-11-17(26-5-24-15)30(7-28-11)19-10-1-9(37-19)2-35-41(32,43)40-14-13-20(31-8-29-12-16(23)25-6-27-18(12)31)38-21(14,3-34-13)4-36-42(33,44)39-10/h5-10,13-14,19-20H,1-4H2,(H,32,43)(H,33,44)(H2,22,24,26)(H2,23,25,27)/p-1/t9-,10+,13+,14-,19+,20+,21+,41?,42?/m0/s1. The van der Waals surface area contributed by atoms with E-state index in [0.29, 0.717) is 22.3 Å². The second-order valence-corrected chi connectivity index (χ2v) is 16.1. The molecule has 234 valence electrons. The van der Waals surface area contributed by atoms with Crippen molar-refractivity contribution in [3.05, 3.63) is 25.3 Å². The van der Waals surface area contributed by atoms with E-state index >= 15 is 0 Å². The summed E-state index contributed by atoms with van der Waals surface area (Å²) in [4.78, 5) is 38.5. The Balaban J connectivity index is 1.12. The highest BCUT2D eigenvalue weighted by Crippen LogP contribution is 2.60. The largest absolute Gasteiger partial charge is 0.780 e. The lowest BCUT2D eigenvalue weighted by atomic mass is 10.0. The first-order chi connectivity index (χ1) is 21.0. The molecule has 4 N–H and O–H groups in total. The van der Waals surface area contributed by atoms with Crippen LogP contribution in [0.3, 0.4) is 0 Å². The predicted molar refractivity (Wildman–Crippen MR) is 153 cm³/mol. The number of ether oxygens (including phenoxy) is 3. The van der Waals surface area contributed by atoms with E-state index in [-0.39, 0.29) is 31.3 Å². The molecule has 0 radical (unpaired) electrons. The third kappa shape index (κ3) is 4.74. The lowest BCUT2D eigenvalue weighted by Crippen LogP contribution is -2.46. The van der Waals surface area contributed by atoms with Crippen LogP contribution in [0.15, 0.2) is 25.3 Å². The lowest BCUT2D eigenvalue weighted by Gasteiger charge is -2.36. The van der Waals surface area contributed by atoms with Crippen molar-refractivity contribution in [2.24, 2.45) is 0 Å². The van der Waals surface area contributed by atoms with Crippen LogP contribution in [-0.4, -0.2) is 88.9 Å². The zero-order valence-corrected chi connectivity index (χ0v) is 25.8. The Morgan fingerprint density at radius 2 is 1.61 bits per heavy atom. The summed E-state index contributed by atoms with van der Waals surface area (Å²) < 4.78 is 58.7. The van der Waals surface area contributed by atoms with Crippen LogP contribution in [0.4, 0.5) is 11.6 Å². The van der Waals surface area contributed by atoms with Crippen LogP contribution in [0.2, 0.25) is 0 Å². The Morgan fingerprint density at radius 1 is 0.955 bits per heavy atom. The third-order valence-corrected chi connectivity index (χ3v) is 11.0. The summed E-state index contributed by atoms with van der Waals surface area (Å²) in [6, 6.07) is 0. The van der Waals surface area contributed by atoms with Gasteiger partial charge in [-0.25, -0.2) is 34.5 Å². The van der Waals surface area contributed by atoms with Crippen molar-refractivity contribution in [3.8, 4) is 0 Å². The molecule has 2 unspecified atom stereocenters. The van der Waals surface area contributed by atoms with E-state index in [4.69, 9.17) is 55.6 Å². The molecule has 4 aromatic rings. The van der Waals surface area contributed by atoms with Crippen molar-refractivity contribution in [2.45, 2.75) is 48.9 Å². The van der Waals surface area contributed by atoms with Gasteiger partial charge in [0, 0.05) is 6.42 Å². The topological polar surface area (TPSA) is 244 Å². The molecule has 4 fully saturated rings. The van der Waals surface area contributed by atoms with Gasteiger partial charge in [0.15, 0.2) is 35.4 Å². The van der Waals surface area contributed by atoms with Crippen molar-refractivity contribution in [2.75, 3.05) is 31.3 Å². The number of nitrogens with two attached hydrogens (primary N) is 2. The van der Waals surface area contributed by atoms with E-state index in [1.54, 1.807) is 9.13 Å². The molecule has 4 aliphatic heterocycles. The molecule has 4 aliphatic rings. The van der Waals surface area contributed by atoms with Crippen molar-refractivity contribution in [1.29, 1.82) is 0 Å². The molecule has 0 amide bonds. The van der Waals surface area contributed by atoms with Crippen molar-refractivity contribution in [3.63, 3.8) is 0 Å². The monoisotopic (exact) mass is 685 g/mol. The Kier molecular flexibility index (Phi) is 6.81. The van der Waals surface area contributed by atoms with Gasteiger partial charge in [0.25, 0.3) is 0 Å². The molecule has 4 aromatic heterocycles. The molecule has 0 aromatic carbocycles. The maximum absolute atomic E-state index is 13.7. The number of nitrogens with zero attached hydrogens (tertiary/aromatic N) is 8. The highest BCUT2D eigenvalue weighted by atomic mass is 32.7. The second kappa shape index (κ2) is 10.3. The third-order valence-electron chi connectivity index (χ3n) is 7.84. The van der Waals surface area contributed by atoms with Crippen molar-refractivity contribution < 1.29 is 41.8 Å². The van der Waals surface area contributed by atoms with Gasteiger partial charge in [-0.3, -0.25) is 18.2 Å². The van der Waals surface area contributed by atoms with E-state index in [1.807, 2.05) is 0 Å². The van der Waals surface area contributed by atoms with Gasteiger partial charge < -0.3 is 39.6 Å². The quantitative estimate of drug-likeness (QED) is 0.189. The zero-order valence-electron chi connectivity index (χ0n) is 22.3. The minimum Gasteiger partial charge on any atom is -0.780 e. The van der Waals surface area contributed by atoms with Gasteiger partial charge in [-0.05, 0) is 0 Å². The lowest BCUT2D eigenvalue weighted by molar-refractivity contribution is -0.218. The van der Waals surface area contributed by atoms with Crippen molar-refractivity contribution >= 4 is 71.5 Å². The molecular weight excluding hydrogens is 662 g/mol. The molecule has 0 saturated carbocycles. The van der Waals surface area contributed by atoms with Gasteiger partial charge in [-0.15, -0.1) is 0 Å². The van der Waals surface area contributed by atoms with Gasteiger partial charge >= 0.3 is 6.80 Å². The van der Waals surface area contributed by atoms with Gasteiger partial charge in [-0.1, -0.05) is 24.1 Å². The Hall–Kier alpha value is -2.39. The Morgan fingerprint density at radius 3 is 2.30 bits per heavy atom. The van der Waals surface area contributed by atoms with Gasteiger partial charge in [0.05, 0.1) is 38.6 Å². The number of hydrogen-bond acceptors (Lipinski definition) is 18. The second-order valence-electron chi connectivity index (χ2n) is 10.6. The predicted octanol–water partition coefficient (Wildman–Crippen LogP) is 0.224. The van der Waals surface area contributed by atoms with Gasteiger partial charge in [-0.2, -0.15) is 0 Å². The summed E-state index contributed by atoms with van der Waals surface area (Å²) in [6.07, 6.45) is 0.249. The van der Waals surface area contributed by atoms with Crippen LogP contribution in [0, 0.1) is 0 Å². The average Bonchev–Trinajstić information content (AvgIpc) is 3.79. The molecule has 8 rings (SSSR count).